The second kappa shape index (κ2) is 5.82. The predicted octanol–water partition coefficient (Wildman–Crippen LogP) is 4.61. The summed E-state index contributed by atoms with van der Waals surface area (Å²) in [6.45, 7) is 3.44. The first kappa shape index (κ1) is 18.6. The van der Waals surface area contributed by atoms with Crippen LogP contribution in [0.15, 0.2) is 54.3 Å². The Labute approximate surface area is 191 Å². The molecule has 1 aromatic carbocycles. The van der Waals surface area contributed by atoms with Gasteiger partial charge in [0.05, 0.1) is 24.9 Å². The van der Waals surface area contributed by atoms with Crippen LogP contribution >= 0.6 is 0 Å². The average Bonchev–Trinajstić information content (AvgIpc) is 3.55. The highest BCUT2D eigenvalue weighted by molar-refractivity contribution is 5.50. The van der Waals surface area contributed by atoms with E-state index in [1.54, 1.807) is 0 Å². The smallest absolute Gasteiger partial charge is 0.114 e. The summed E-state index contributed by atoms with van der Waals surface area (Å²) in [5, 5.41) is 3.98. The number of fused-ring (bicyclic) bond motifs is 3. The maximum absolute atomic E-state index is 7.17. The summed E-state index contributed by atoms with van der Waals surface area (Å²) >= 11 is 0. The van der Waals surface area contributed by atoms with E-state index in [2.05, 4.69) is 58.8 Å². The third-order valence-corrected chi connectivity index (χ3v) is 10.7. The molecule has 4 saturated carbocycles. The number of ether oxygens (including phenoxy) is 2. The Balaban J connectivity index is 1.22. The highest BCUT2D eigenvalue weighted by atomic mass is 16.5. The fourth-order valence-corrected chi connectivity index (χ4v) is 9.67. The van der Waals surface area contributed by atoms with Crippen molar-refractivity contribution in [1.82, 2.24) is 4.90 Å². The molecule has 32 heavy (non-hydrogen) atoms. The van der Waals surface area contributed by atoms with E-state index in [9.17, 15) is 0 Å². The molecule has 0 aromatic heterocycles. The van der Waals surface area contributed by atoms with E-state index in [0.717, 1.165) is 18.3 Å². The normalized spacial score (nSPS) is 49.7. The van der Waals surface area contributed by atoms with Crippen LogP contribution in [0.2, 0.25) is 0 Å². The minimum Gasteiger partial charge on any atom is -0.497 e. The van der Waals surface area contributed by atoms with E-state index < -0.39 is 0 Å². The van der Waals surface area contributed by atoms with Gasteiger partial charge in [-0.05, 0) is 80.6 Å². The second-order valence-electron chi connectivity index (χ2n) is 12.2. The molecule has 4 heteroatoms. The number of nitrogens with one attached hydrogen (secondary N) is 1. The predicted molar refractivity (Wildman–Crippen MR) is 124 cm³/mol. The molecule has 1 N–H and O–H groups in total. The van der Waals surface area contributed by atoms with Crippen LogP contribution in [-0.4, -0.2) is 48.9 Å². The Kier molecular flexibility index (Phi) is 3.39. The van der Waals surface area contributed by atoms with E-state index in [1.165, 1.54) is 57.3 Å². The number of methoxy groups -OCH3 is 1. The first-order chi connectivity index (χ1) is 15.6. The van der Waals surface area contributed by atoms with Crippen LogP contribution < -0.4 is 5.32 Å². The molecule has 4 bridgehead atoms. The first-order valence-electron chi connectivity index (χ1n) is 12.8. The standard InChI is InChI=1S/C28H34N2O2/c1-31-21-9-10-22-23(13-21)27-15-25(29-20-5-3-2-4-6-20)11-12-28(27,32-18-25)24-26(22,16-27)17-30(24)14-19-7-8-19/h2-6,9-10,13,19,22-24,29H,7-8,11-12,14-18H2,1H3. The van der Waals surface area contributed by atoms with Gasteiger partial charge in [-0.2, -0.15) is 0 Å². The summed E-state index contributed by atoms with van der Waals surface area (Å²) in [5.74, 6) is 3.18. The van der Waals surface area contributed by atoms with Crippen molar-refractivity contribution in [2.75, 3.05) is 32.1 Å². The lowest BCUT2D eigenvalue weighted by atomic mass is 9.46. The van der Waals surface area contributed by atoms with Crippen molar-refractivity contribution >= 4 is 5.69 Å². The van der Waals surface area contributed by atoms with Gasteiger partial charge in [0.1, 0.15) is 5.76 Å². The second-order valence-corrected chi connectivity index (χ2v) is 12.2. The number of anilines is 1. The maximum Gasteiger partial charge on any atom is 0.114 e. The third kappa shape index (κ3) is 2.04. The van der Waals surface area contributed by atoms with Crippen LogP contribution in [-0.2, 0) is 9.47 Å². The van der Waals surface area contributed by atoms with Gasteiger partial charge in [-0.15, -0.1) is 0 Å². The Bertz CT molecular complexity index is 1020. The molecule has 9 rings (SSSR count). The van der Waals surface area contributed by atoms with E-state index >= 15 is 0 Å². The van der Waals surface area contributed by atoms with E-state index in [4.69, 9.17) is 9.47 Å². The van der Waals surface area contributed by atoms with Crippen molar-refractivity contribution in [2.24, 2.45) is 28.6 Å². The van der Waals surface area contributed by atoms with Crippen LogP contribution in [0.1, 0.15) is 38.5 Å². The fraction of sp³-hybridized carbons (Fsp3) is 0.643. The van der Waals surface area contributed by atoms with E-state index in [0.29, 0.717) is 23.3 Å². The molecule has 8 aliphatic rings. The van der Waals surface area contributed by atoms with Gasteiger partial charge in [0.25, 0.3) is 0 Å². The van der Waals surface area contributed by atoms with Crippen LogP contribution in [0.3, 0.4) is 0 Å². The molecule has 168 valence electrons. The lowest BCUT2D eigenvalue weighted by Gasteiger charge is -2.71. The fourth-order valence-electron chi connectivity index (χ4n) is 9.67. The van der Waals surface area contributed by atoms with Crippen LogP contribution in [0.4, 0.5) is 5.69 Å². The molecule has 0 radical (unpaired) electrons. The zero-order valence-electron chi connectivity index (χ0n) is 19.1. The molecule has 3 heterocycles. The number of hydrogen-bond donors (Lipinski definition) is 1. The molecule has 3 saturated heterocycles. The van der Waals surface area contributed by atoms with Crippen molar-refractivity contribution in [3.8, 4) is 0 Å². The number of rotatable bonds is 5. The number of allylic oxidation sites excluding steroid dienone is 3. The largest absolute Gasteiger partial charge is 0.497 e. The monoisotopic (exact) mass is 430 g/mol. The molecule has 1 aromatic rings. The van der Waals surface area contributed by atoms with Gasteiger partial charge in [0.15, 0.2) is 0 Å². The highest BCUT2D eigenvalue weighted by Crippen LogP contribution is 2.83. The molecule has 3 spiro atoms. The van der Waals surface area contributed by atoms with Crippen molar-refractivity contribution in [2.45, 2.75) is 55.7 Å². The quantitative estimate of drug-likeness (QED) is 0.740. The topological polar surface area (TPSA) is 33.7 Å². The van der Waals surface area contributed by atoms with Crippen LogP contribution in [0, 0.1) is 28.6 Å². The molecular formula is C28H34N2O2. The van der Waals surface area contributed by atoms with Gasteiger partial charge in [-0.25, -0.2) is 0 Å². The Hall–Kier alpha value is -1.78. The van der Waals surface area contributed by atoms with Gasteiger partial charge >= 0.3 is 0 Å². The summed E-state index contributed by atoms with van der Waals surface area (Å²) in [4.78, 5) is 2.86. The maximum atomic E-state index is 7.17. The highest BCUT2D eigenvalue weighted by Gasteiger charge is 2.87. The van der Waals surface area contributed by atoms with Crippen molar-refractivity contribution in [1.29, 1.82) is 0 Å². The summed E-state index contributed by atoms with van der Waals surface area (Å²) in [7, 11) is 1.82. The minimum atomic E-state index is 0.0297. The summed E-state index contributed by atoms with van der Waals surface area (Å²) in [6.07, 6.45) is 15.1. The number of likely N-dealkylation sites (tertiary alicyclic amines) is 1. The first-order valence-corrected chi connectivity index (χ1v) is 12.8. The van der Waals surface area contributed by atoms with Crippen LogP contribution in [0.25, 0.3) is 0 Å². The zero-order valence-corrected chi connectivity index (χ0v) is 19.1. The Morgan fingerprint density at radius 2 is 2.00 bits per heavy atom. The summed E-state index contributed by atoms with van der Waals surface area (Å²) in [5.41, 5.74) is 1.93. The number of nitrogens with zero attached hydrogens (tertiary/aromatic N) is 1. The Morgan fingerprint density at radius 3 is 2.75 bits per heavy atom. The zero-order chi connectivity index (χ0) is 21.2. The van der Waals surface area contributed by atoms with Crippen molar-refractivity contribution in [3.05, 3.63) is 54.3 Å². The average molecular weight is 431 g/mol. The van der Waals surface area contributed by atoms with Gasteiger partial charge in [-0.3, -0.25) is 4.90 Å². The molecule has 7 unspecified atom stereocenters. The number of para-hydroxylation sites is 1. The van der Waals surface area contributed by atoms with Gasteiger partial charge < -0.3 is 14.8 Å². The van der Waals surface area contributed by atoms with Crippen molar-refractivity contribution < 1.29 is 9.47 Å². The Morgan fingerprint density at radius 1 is 1.12 bits per heavy atom. The third-order valence-electron chi connectivity index (χ3n) is 10.7. The molecule has 3 aliphatic heterocycles. The molecule has 7 atom stereocenters. The van der Waals surface area contributed by atoms with E-state index in [1.807, 2.05) is 7.11 Å². The van der Waals surface area contributed by atoms with Crippen molar-refractivity contribution in [3.63, 3.8) is 0 Å². The molecule has 4 nitrogen and oxygen atoms in total. The van der Waals surface area contributed by atoms with E-state index in [-0.39, 0.29) is 16.6 Å². The molecular weight excluding hydrogens is 396 g/mol. The lowest BCUT2D eigenvalue weighted by Crippen LogP contribution is -2.80. The van der Waals surface area contributed by atoms with Gasteiger partial charge in [-0.1, -0.05) is 24.3 Å². The molecule has 5 aliphatic carbocycles. The summed E-state index contributed by atoms with van der Waals surface area (Å²) in [6, 6.07) is 11.4. The summed E-state index contributed by atoms with van der Waals surface area (Å²) < 4.78 is 12.9. The molecule has 7 fully saturated rings. The van der Waals surface area contributed by atoms with Gasteiger partial charge in [0, 0.05) is 35.6 Å². The van der Waals surface area contributed by atoms with Crippen LogP contribution in [0.5, 0.6) is 0 Å². The lowest BCUT2D eigenvalue weighted by molar-refractivity contribution is -0.288. The van der Waals surface area contributed by atoms with Gasteiger partial charge in [0.2, 0.25) is 0 Å². The number of benzene rings is 1. The minimum absolute atomic E-state index is 0.0297. The molecule has 0 amide bonds. The number of hydrogen-bond acceptors (Lipinski definition) is 4. The SMILES string of the molecule is COC1=CC2C(C=C1)C13CN(CC4CC4)C1C14CCC(Nc5ccccc5)(CO1)CC24C3.